The molecule has 0 radical (unpaired) electrons. The molecular formula is C16H23FN2O2. The van der Waals surface area contributed by atoms with Gasteiger partial charge in [-0.05, 0) is 50.9 Å². The number of ether oxygens (including phenoxy) is 1. The molecule has 0 spiro atoms. The number of piperidine rings is 1. The Labute approximate surface area is 125 Å². The molecule has 5 heteroatoms. The Morgan fingerprint density at radius 3 is 2.76 bits per heavy atom. The molecule has 0 aliphatic carbocycles. The second kappa shape index (κ2) is 7.41. The lowest BCUT2D eigenvalue weighted by Crippen LogP contribution is -2.39. The monoisotopic (exact) mass is 294 g/mol. The summed E-state index contributed by atoms with van der Waals surface area (Å²) in [5.74, 6) is 0.162. The topological polar surface area (TPSA) is 41.6 Å². The number of carbonyl (C=O) groups is 1. The van der Waals surface area contributed by atoms with Gasteiger partial charge in [0.25, 0.3) is 5.91 Å². The fraction of sp³-hybridized carbons (Fsp3) is 0.562. The number of nitrogens with zero attached hydrogens (tertiary/aromatic N) is 1. The lowest BCUT2D eigenvalue weighted by molar-refractivity contribution is 0.0679. The van der Waals surface area contributed by atoms with Gasteiger partial charge in [0.15, 0.2) is 0 Å². The lowest BCUT2D eigenvalue weighted by Gasteiger charge is -2.32. The van der Waals surface area contributed by atoms with Crippen LogP contribution in [0.5, 0.6) is 5.75 Å². The molecule has 1 N–H and O–H groups in total. The standard InChI is InChI=1S/C16H23FN2O2/c1-18-9-6-12-7-10-19(11-8-12)16(20)15-13(17)4-3-5-14(15)21-2/h3-5,12,18H,6-11H2,1-2H3. The molecular weight excluding hydrogens is 271 g/mol. The van der Waals surface area contributed by atoms with Crippen molar-refractivity contribution in [1.29, 1.82) is 0 Å². The van der Waals surface area contributed by atoms with Crippen molar-refractivity contribution in [2.45, 2.75) is 19.3 Å². The van der Waals surface area contributed by atoms with E-state index in [-0.39, 0.29) is 11.5 Å². The second-order valence-corrected chi connectivity index (χ2v) is 5.44. The number of carbonyl (C=O) groups excluding carboxylic acids is 1. The van der Waals surface area contributed by atoms with E-state index in [1.807, 2.05) is 7.05 Å². The summed E-state index contributed by atoms with van der Waals surface area (Å²) in [6, 6.07) is 4.47. The van der Waals surface area contributed by atoms with Crippen molar-refractivity contribution in [1.82, 2.24) is 10.2 Å². The highest BCUT2D eigenvalue weighted by Crippen LogP contribution is 2.26. The fourth-order valence-corrected chi connectivity index (χ4v) is 2.81. The zero-order valence-electron chi connectivity index (χ0n) is 12.7. The van der Waals surface area contributed by atoms with Gasteiger partial charge in [0.05, 0.1) is 7.11 Å². The van der Waals surface area contributed by atoms with Gasteiger partial charge in [-0.1, -0.05) is 6.07 Å². The molecule has 21 heavy (non-hydrogen) atoms. The van der Waals surface area contributed by atoms with E-state index in [1.165, 1.54) is 13.2 Å². The number of methoxy groups -OCH3 is 1. The minimum Gasteiger partial charge on any atom is -0.496 e. The van der Waals surface area contributed by atoms with Crippen LogP contribution in [0.3, 0.4) is 0 Å². The molecule has 1 aliphatic rings. The number of rotatable bonds is 5. The molecule has 1 amide bonds. The number of hydrogen-bond acceptors (Lipinski definition) is 3. The molecule has 1 aromatic carbocycles. The first-order chi connectivity index (χ1) is 10.2. The number of hydrogen-bond donors (Lipinski definition) is 1. The Morgan fingerprint density at radius 2 is 2.14 bits per heavy atom. The molecule has 1 heterocycles. The van der Waals surface area contributed by atoms with Gasteiger partial charge in [-0.3, -0.25) is 4.79 Å². The van der Waals surface area contributed by atoms with Crippen LogP contribution in [0.15, 0.2) is 18.2 Å². The van der Waals surface area contributed by atoms with Crippen LogP contribution in [0.25, 0.3) is 0 Å². The van der Waals surface area contributed by atoms with E-state index >= 15 is 0 Å². The van der Waals surface area contributed by atoms with Crippen molar-refractivity contribution in [2.75, 3.05) is 33.8 Å². The zero-order chi connectivity index (χ0) is 15.2. The van der Waals surface area contributed by atoms with Gasteiger partial charge in [-0.15, -0.1) is 0 Å². The Hall–Kier alpha value is -1.62. The predicted molar refractivity (Wildman–Crippen MR) is 80.1 cm³/mol. The molecule has 0 bridgehead atoms. The SMILES string of the molecule is CNCCC1CCN(C(=O)c2c(F)cccc2OC)CC1. The average molecular weight is 294 g/mol. The molecule has 0 atom stereocenters. The first-order valence-electron chi connectivity index (χ1n) is 7.43. The van der Waals surface area contributed by atoms with Crippen LogP contribution in [0.4, 0.5) is 4.39 Å². The molecule has 1 aromatic rings. The summed E-state index contributed by atoms with van der Waals surface area (Å²) >= 11 is 0. The van der Waals surface area contributed by atoms with E-state index in [0.717, 1.165) is 25.8 Å². The molecule has 2 rings (SSSR count). The third-order valence-corrected chi connectivity index (χ3v) is 4.11. The van der Waals surface area contributed by atoms with Gasteiger partial charge in [0.2, 0.25) is 0 Å². The van der Waals surface area contributed by atoms with Gasteiger partial charge in [0, 0.05) is 13.1 Å². The van der Waals surface area contributed by atoms with E-state index < -0.39 is 5.82 Å². The summed E-state index contributed by atoms with van der Waals surface area (Å²) in [6.45, 7) is 2.37. The minimum atomic E-state index is -0.517. The Morgan fingerprint density at radius 1 is 1.43 bits per heavy atom. The van der Waals surface area contributed by atoms with Gasteiger partial charge in [0.1, 0.15) is 17.1 Å². The molecule has 116 valence electrons. The van der Waals surface area contributed by atoms with Gasteiger partial charge < -0.3 is 15.0 Å². The highest BCUT2D eigenvalue weighted by Gasteiger charge is 2.27. The summed E-state index contributed by atoms with van der Waals surface area (Å²) in [5, 5.41) is 3.15. The van der Waals surface area contributed by atoms with E-state index in [0.29, 0.717) is 24.8 Å². The summed E-state index contributed by atoms with van der Waals surface area (Å²) in [6.07, 6.45) is 3.08. The van der Waals surface area contributed by atoms with Crippen molar-refractivity contribution in [3.05, 3.63) is 29.6 Å². The number of halogens is 1. The highest BCUT2D eigenvalue weighted by molar-refractivity contribution is 5.97. The van der Waals surface area contributed by atoms with E-state index in [1.54, 1.807) is 17.0 Å². The zero-order valence-corrected chi connectivity index (χ0v) is 12.7. The number of benzene rings is 1. The summed E-state index contributed by atoms with van der Waals surface area (Å²) in [5.41, 5.74) is 0.0497. The molecule has 4 nitrogen and oxygen atoms in total. The normalized spacial score (nSPS) is 16.0. The van der Waals surface area contributed by atoms with Gasteiger partial charge >= 0.3 is 0 Å². The van der Waals surface area contributed by atoms with Crippen molar-refractivity contribution >= 4 is 5.91 Å². The maximum absolute atomic E-state index is 13.9. The fourth-order valence-electron chi connectivity index (χ4n) is 2.81. The van der Waals surface area contributed by atoms with Crippen LogP contribution >= 0.6 is 0 Å². The Kier molecular flexibility index (Phi) is 5.56. The lowest BCUT2D eigenvalue weighted by atomic mass is 9.93. The first kappa shape index (κ1) is 15.8. The summed E-state index contributed by atoms with van der Waals surface area (Å²) in [7, 11) is 3.40. The molecule has 1 saturated heterocycles. The van der Waals surface area contributed by atoms with Crippen molar-refractivity contribution in [3.8, 4) is 5.75 Å². The molecule has 1 aliphatic heterocycles. The summed E-state index contributed by atoms with van der Waals surface area (Å²) in [4.78, 5) is 14.2. The minimum absolute atomic E-state index is 0.0497. The third kappa shape index (κ3) is 3.73. The number of amides is 1. The quantitative estimate of drug-likeness (QED) is 0.906. The Balaban J connectivity index is 2.02. The average Bonchev–Trinajstić information content (AvgIpc) is 2.52. The van der Waals surface area contributed by atoms with E-state index in [2.05, 4.69) is 5.32 Å². The largest absolute Gasteiger partial charge is 0.496 e. The van der Waals surface area contributed by atoms with Crippen LogP contribution in [0.1, 0.15) is 29.6 Å². The maximum atomic E-state index is 13.9. The van der Waals surface area contributed by atoms with Crippen LogP contribution in [-0.2, 0) is 0 Å². The van der Waals surface area contributed by atoms with Crippen molar-refractivity contribution in [3.63, 3.8) is 0 Å². The summed E-state index contributed by atoms with van der Waals surface area (Å²) < 4.78 is 19.1. The Bertz CT molecular complexity index is 485. The smallest absolute Gasteiger partial charge is 0.260 e. The van der Waals surface area contributed by atoms with Crippen molar-refractivity contribution in [2.24, 2.45) is 5.92 Å². The van der Waals surface area contributed by atoms with Gasteiger partial charge in [-0.2, -0.15) is 0 Å². The predicted octanol–water partition coefficient (Wildman–Crippen LogP) is 2.30. The molecule has 0 unspecified atom stereocenters. The van der Waals surface area contributed by atoms with Gasteiger partial charge in [-0.25, -0.2) is 4.39 Å². The van der Waals surface area contributed by atoms with E-state index in [4.69, 9.17) is 4.74 Å². The third-order valence-electron chi connectivity index (χ3n) is 4.11. The molecule has 1 fully saturated rings. The highest BCUT2D eigenvalue weighted by atomic mass is 19.1. The molecule has 0 saturated carbocycles. The second-order valence-electron chi connectivity index (χ2n) is 5.44. The van der Waals surface area contributed by atoms with Crippen molar-refractivity contribution < 1.29 is 13.9 Å². The maximum Gasteiger partial charge on any atom is 0.260 e. The van der Waals surface area contributed by atoms with Crippen LogP contribution in [-0.4, -0.2) is 44.6 Å². The molecule has 0 aromatic heterocycles. The number of likely N-dealkylation sites (tertiary alicyclic amines) is 1. The van der Waals surface area contributed by atoms with E-state index in [9.17, 15) is 9.18 Å². The first-order valence-corrected chi connectivity index (χ1v) is 7.43. The number of nitrogens with one attached hydrogen (secondary N) is 1. The van der Waals surface area contributed by atoms with Crippen LogP contribution in [0, 0.1) is 11.7 Å². The van der Waals surface area contributed by atoms with Crippen LogP contribution < -0.4 is 10.1 Å². The van der Waals surface area contributed by atoms with Crippen LogP contribution in [0.2, 0.25) is 0 Å².